The molecule has 0 saturated heterocycles. The van der Waals surface area contributed by atoms with Crippen molar-refractivity contribution in [1.82, 2.24) is 4.98 Å². The van der Waals surface area contributed by atoms with Crippen LogP contribution in [0.1, 0.15) is 49.3 Å². The summed E-state index contributed by atoms with van der Waals surface area (Å²) >= 11 is 5.94. The summed E-state index contributed by atoms with van der Waals surface area (Å²) in [4.78, 5) is 4.59. The summed E-state index contributed by atoms with van der Waals surface area (Å²) in [5.41, 5.74) is -0.343. The number of nitrogens with zero attached hydrogens (tertiary/aromatic N) is 2. The molecule has 1 heterocycles. The minimum atomic E-state index is -1.20. The number of oxazole rings is 1. The Kier molecular flexibility index (Phi) is 9.21. The summed E-state index contributed by atoms with van der Waals surface area (Å²) in [5.74, 6) is 2.09. The lowest BCUT2D eigenvalue weighted by Crippen LogP contribution is -3.00. The average Bonchev–Trinajstić information content (AvgIpc) is 3.29. The molecule has 0 amide bonds. The van der Waals surface area contributed by atoms with Crippen molar-refractivity contribution in [1.29, 1.82) is 0 Å². The van der Waals surface area contributed by atoms with Crippen molar-refractivity contribution in [2.45, 2.75) is 44.2 Å². The van der Waals surface area contributed by atoms with Crippen molar-refractivity contribution in [3.63, 3.8) is 0 Å². The Bertz CT molecular complexity index is 1020. The Morgan fingerprint density at radius 3 is 2.41 bits per heavy atom. The van der Waals surface area contributed by atoms with Crippen LogP contribution < -0.4 is 21.7 Å². The molecule has 1 aromatic heterocycles. The Hall–Kier alpha value is -1.86. The van der Waals surface area contributed by atoms with E-state index in [-0.39, 0.29) is 22.9 Å². The van der Waals surface area contributed by atoms with Crippen LogP contribution in [0.5, 0.6) is 5.75 Å². The molecule has 5 nitrogen and oxygen atoms in total. The zero-order valence-corrected chi connectivity index (χ0v) is 22.3. The minimum Gasteiger partial charge on any atom is -1.00 e. The van der Waals surface area contributed by atoms with Gasteiger partial charge in [-0.2, -0.15) is 0 Å². The maximum absolute atomic E-state index is 12.0. The van der Waals surface area contributed by atoms with Gasteiger partial charge in [0.1, 0.15) is 25.4 Å². The molecule has 4 rings (SSSR count). The molecule has 0 spiro atoms. The molecule has 7 heteroatoms. The number of hydrogen-bond donors (Lipinski definition) is 1. The standard InChI is InChI=1S/C27H34ClN2O3.BrH/c1-30(2,17-18-32-24-15-13-23(28)14-16-24)20-25-19-29-26(33-25)27(31,21-9-5-3-6-10-21)22-11-7-4-8-12-22;/h3,5-6,9-10,13-16,19,22,31H,4,7-8,11-12,17-18,20H2,1-2H3;1H/q+1;/p-1/t27-;/m0./s1. The number of rotatable bonds is 9. The number of aromatic nitrogens is 1. The molecule has 184 valence electrons. The highest BCUT2D eigenvalue weighted by atomic mass is 79.9. The summed E-state index contributed by atoms with van der Waals surface area (Å²) in [6.45, 7) is 2.03. The fourth-order valence-electron chi connectivity index (χ4n) is 4.75. The van der Waals surface area contributed by atoms with E-state index >= 15 is 0 Å². The van der Waals surface area contributed by atoms with Gasteiger partial charge in [0.15, 0.2) is 11.4 Å². The van der Waals surface area contributed by atoms with E-state index in [1.165, 1.54) is 6.42 Å². The maximum Gasteiger partial charge on any atom is 0.231 e. The molecule has 0 unspecified atom stereocenters. The molecule has 2 aromatic carbocycles. The van der Waals surface area contributed by atoms with Gasteiger partial charge in [0.25, 0.3) is 0 Å². The smallest absolute Gasteiger partial charge is 0.231 e. The first kappa shape index (κ1) is 26.7. The van der Waals surface area contributed by atoms with Crippen LogP contribution in [-0.2, 0) is 12.1 Å². The second kappa shape index (κ2) is 11.7. The van der Waals surface area contributed by atoms with Gasteiger partial charge in [-0.3, -0.25) is 0 Å². The van der Waals surface area contributed by atoms with Gasteiger partial charge in [-0.1, -0.05) is 61.2 Å². The van der Waals surface area contributed by atoms with Crippen molar-refractivity contribution in [2.75, 3.05) is 27.2 Å². The Morgan fingerprint density at radius 2 is 1.74 bits per heavy atom. The number of ether oxygens (including phenoxy) is 1. The van der Waals surface area contributed by atoms with Gasteiger partial charge in [-0.15, -0.1) is 0 Å². The van der Waals surface area contributed by atoms with Crippen LogP contribution in [0, 0.1) is 5.92 Å². The van der Waals surface area contributed by atoms with Gasteiger partial charge in [0.05, 0.1) is 20.3 Å². The van der Waals surface area contributed by atoms with Crippen molar-refractivity contribution in [2.24, 2.45) is 5.92 Å². The summed E-state index contributed by atoms with van der Waals surface area (Å²) in [7, 11) is 4.27. The number of aliphatic hydroxyl groups is 1. The van der Waals surface area contributed by atoms with Crippen molar-refractivity contribution >= 4 is 11.6 Å². The number of hydrogen-bond acceptors (Lipinski definition) is 4. The quantitative estimate of drug-likeness (QED) is 0.417. The second-order valence-electron chi connectivity index (χ2n) is 9.72. The van der Waals surface area contributed by atoms with Crippen LogP contribution in [0.25, 0.3) is 0 Å². The van der Waals surface area contributed by atoms with Gasteiger partial charge >= 0.3 is 0 Å². The van der Waals surface area contributed by atoms with Crippen LogP contribution in [-0.4, -0.2) is 41.8 Å². The number of quaternary nitrogens is 1. The third kappa shape index (κ3) is 6.42. The molecule has 1 aliphatic carbocycles. The number of likely N-dealkylation sites (N-methyl/N-ethyl adjacent to an activating group) is 1. The van der Waals surface area contributed by atoms with E-state index in [0.717, 1.165) is 49.3 Å². The van der Waals surface area contributed by atoms with E-state index in [9.17, 15) is 5.11 Å². The van der Waals surface area contributed by atoms with Gasteiger partial charge in [0, 0.05) is 10.9 Å². The summed E-state index contributed by atoms with van der Waals surface area (Å²) in [6, 6.07) is 17.3. The molecule has 1 fully saturated rings. The SMILES string of the molecule is C[N+](C)(CCOc1ccc(Cl)cc1)Cc1cnc([C@](O)(c2ccccc2)C2CCCCC2)o1.[Br-]. The van der Waals surface area contributed by atoms with Gasteiger partial charge in [-0.25, -0.2) is 4.98 Å². The molecular weight excluding hydrogens is 516 g/mol. The predicted octanol–water partition coefficient (Wildman–Crippen LogP) is 2.80. The molecule has 3 aromatic rings. The summed E-state index contributed by atoms with van der Waals surface area (Å²) in [6.07, 6.45) is 7.21. The lowest BCUT2D eigenvalue weighted by molar-refractivity contribution is -0.904. The highest BCUT2D eigenvalue weighted by Crippen LogP contribution is 2.43. The maximum atomic E-state index is 12.0. The molecule has 1 saturated carbocycles. The van der Waals surface area contributed by atoms with Crippen molar-refractivity contribution in [3.05, 3.63) is 83.0 Å². The Morgan fingerprint density at radius 1 is 1.06 bits per heavy atom. The van der Waals surface area contributed by atoms with E-state index in [0.29, 0.717) is 28.5 Å². The number of halogens is 2. The van der Waals surface area contributed by atoms with Gasteiger partial charge in [0.2, 0.25) is 5.89 Å². The van der Waals surface area contributed by atoms with Crippen LogP contribution in [0.4, 0.5) is 0 Å². The molecule has 1 aliphatic rings. The lowest BCUT2D eigenvalue weighted by atomic mass is 9.73. The van der Waals surface area contributed by atoms with Gasteiger partial charge in [-0.05, 0) is 42.7 Å². The lowest BCUT2D eigenvalue weighted by Gasteiger charge is -2.36. The summed E-state index contributed by atoms with van der Waals surface area (Å²) in [5, 5.41) is 12.7. The first-order valence-corrected chi connectivity index (χ1v) is 12.2. The first-order valence-electron chi connectivity index (χ1n) is 11.8. The second-order valence-corrected chi connectivity index (χ2v) is 10.2. The Balaban J connectivity index is 0.00000324. The van der Waals surface area contributed by atoms with Crippen LogP contribution in [0.2, 0.25) is 5.02 Å². The van der Waals surface area contributed by atoms with Crippen LogP contribution in [0.3, 0.4) is 0 Å². The molecular formula is C27H34BrClN2O3. The van der Waals surface area contributed by atoms with E-state index in [1.807, 2.05) is 54.6 Å². The third-order valence-electron chi connectivity index (χ3n) is 6.65. The topological polar surface area (TPSA) is 55.5 Å². The largest absolute Gasteiger partial charge is 1.00 e. The molecule has 0 bridgehead atoms. The molecule has 1 atom stereocenters. The highest BCUT2D eigenvalue weighted by Gasteiger charge is 2.44. The van der Waals surface area contributed by atoms with E-state index in [1.54, 1.807) is 6.20 Å². The molecule has 0 aliphatic heterocycles. The van der Waals surface area contributed by atoms with Crippen molar-refractivity contribution in [3.8, 4) is 5.75 Å². The predicted molar refractivity (Wildman–Crippen MR) is 130 cm³/mol. The van der Waals surface area contributed by atoms with Crippen LogP contribution >= 0.6 is 11.6 Å². The Labute approximate surface area is 218 Å². The van der Waals surface area contributed by atoms with Gasteiger partial charge < -0.3 is 35.7 Å². The minimum absolute atomic E-state index is 0. The summed E-state index contributed by atoms with van der Waals surface area (Å²) < 4.78 is 12.8. The van der Waals surface area contributed by atoms with E-state index in [4.69, 9.17) is 20.8 Å². The normalized spacial score (nSPS) is 16.5. The van der Waals surface area contributed by atoms with E-state index in [2.05, 4.69) is 19.1 Å². The van der Waals surface area contributed by atoms with Crippen molar-refractivity contribution < 1.29 is 35.7 Å². The average molecular weight is 550 g/mol. The fourth-order valence-corrected chi connectivity index (χ4v) is 4.87. The van der Waals surface area contributed by atoms with Crippen LogP contribution in [0.15, 0.2) is 65.2 Å². The zero-order chi connectivity index (χ0) is 23.3. The third-order valence-corrected chi connectivity index (χ3v) is 6.90. The number of benzene rings is 2. The molecule has 34 heavy (non-hydrogen) atoms. The zero-order valence-electron chi connectivity index (χ0n) is 19.9. The molecule has 1 N–H and O–H groups in total. The first-order chi connectivity index (χ1) is 15.9. The van der Waals surface area contributed by atoms with E-state index < -0.39 is 5.60 Å². The molecule has 0 radical (unpaired) electrons. The monoisotopic (exact) mass is 548 g/mol. The highest BCUT2D eigenvalue weighted by molar-refractivity contribution is 6.30. The fraction of sp³-hybridized carbons (Fsp3) is 0.444.